The fourth-order valence-electron chi connectivity index (χ4n) is 2.21. The Kier molecular flexibility index (Phi) is 5.16. The molecular formula is C18H17N5O2. The Morgan fingerprint density at radius 3 is 2.68 bits per heavy atom. The van der Waals surface area contributed by atoms with Gasteiger partial charge >= 0.3 is 5.97 Å². The second kappa shape index (κ2) is 7.87. The van der Waals surface area contributed by atoms with Gasteiger partial charge in [-0.15, -0.1) is 0 Å². The minimum Gasteiger partial charge on any atom is -0.465 e. The van der Waals surface area contributed by atoms with E-state index in [1.165, 1.54) is 13.4 Å². The molecule has 3 aromatic rings. The molecule has 2 aromatic heterocycles. The molecule has 0 atom stereocenters. The van der Waals surface area contributed by atoms with Crippen LogP contribution in [0.3, 0.4) is 0 Å². The van der Waals surface area contributed by atoms with Crippen molar-refractivity contribution in [1.29, 1.82) is 0 Å². The Bertz CT molecular complexity index is 855. The van der Waals surface area contributed by atoms with Crippen LogP contribution in [0, 0.1) is 0 Å². The van der Waals surface area contributed by atoms with Gasteiger partial charge in [-0.2, -0.15) is 0 Å². The van der Waals surface area contributed by atoms with Gasteiger partial charge < -0.3 is 15.4 Å². The van der Waals surface area contributed by atoms with Crippen LogP contribution >= 0.6 is 0 Å². The molecule has 7 heteroatoms. The highest BCUT2D eigenvalue weighted by Gasteiger charge is 2.06. The monoisotopic (exact) mass is 335 g/mol. The van der Waals surface area contributed by atoms with E-state index in [0.29, 0.717) is 23.7 Å². The number of carbonyl (C=O) groups excluding carboxylic acids is 1. The summed E-state index contributed by atoms with van der Waals surface area (Å²) in [6.07, 6.45) is 4.97. The van der Waals surface area contributed by atoms with Gasteiger partial charge in [-0.3, -0.25) is 4.98 Å². The van der Waals surface area contributed by atoms with E-state index in [1.54, 1.807) is 36.7 Å². The maximum absolute atomic E-state index is 11.6. The van der Waals surface area contributed by atoms with E-state index < -0.39 is 0 Å². The molecule has 0 aliphatic rings. The van der Waals surface area contributed by atoms with Crippen LogP contribution in [-0.4, -0.2) is 28.0 Å². The zero-order chi connectivity index (χ0) is 17.5. The normalized spacial score (nSPS) is 10.1. The molecule has 0 radical (unpaired) electrons. The standard InChI is InChI=1S/C18H17N5O2/c1-25-18(24)14-3-2-4-15(9-14)23-17-10-16(21-12-22-17)20-11-13-5-7-19-8-6-13/h2-10,12H,11H2,1H3,(H2,20,21,22,23). The van der Waals surface area contributed by atoms with E-state index in [9.17, 15) is 4.79 Å². The van der Waals surface area contributed by atoms with Crippen LogP contribution in [0.25, 0.3) is 0 Å². The van der Waals surface area contributed by atoms with Gasteiger partial charge in [0.1, 0.15) is 18.0 Å². The molecule has 3 rings (SSSR count). The van der Waals surface area contributed by atoms with Crippen LogP contribution in [-0.2, 0) is 11.3 Å². The minimum absolute atomic E-state index is 0.383. The summed E-state index contributed by atoms with van der Waals surface area (Å²) in [5, 5.41) is 6.39. The Morgan fingerprint density at radius 1 is 1.08 bits per heavy atom. The number of nitrogens with one attached hydrogen (secondary N) is 2. The van der Waals surface area contributed by atoms with E-state index in [2.05, 4.69) is 25.6 Å². The molecule has 0 aliphatic heterocycles. The fraction of sp³-hybridized carbons (Fsp3) is 0.111. The quantitative estimate of drug-likeness (QED) is 0.669. The van der Waals surface area contributed by atoms with E-state index in [1.807, 2.05) is 18.2 Å². The topological polar surface area (TPSA) is 89.0 Å². The van der Waals surface area contributed by atoms with Gasteiger partial charge in [0.15, 0.2) is 0 Å². The van der Waals surface area contributed by atoms with Crippen molar-refractivity contribution in [2.24, 2.45) is 0 Å². The van der Waals surface area contributed by atoms with Crippen LogP contribution in [0.4, 0.5) is 17.3 Å². The van der Waals surface area contributed by atoms with Crippen molar-refractivity contribution in [3.05, 3.63) is 72.3 Å². The molecule has 126 valence electrons. The van der Waals surface area contributed by atoms with Gasteiger partial charge in [-0.1, -0.05) is 6.07 Å². The highest BCUT2D eigenvalue weighted by molar-refractivity contribution is 5.90. The summed E-state index contributed by atoms with van der Waals surface area (Å²) in [5.41, 5.74) is 2.31. The van der Waals surface area contributed by atoms with E-state index >= 15 is 0 Å². The SMILES string of the molecule is COC(=O)c1cccc(Nc2cc(NCc3ccncc3)ncn2)c1. The average molecular weight is 335 g/mol. The summed E-state index contributed by atoms with van der Waals surface area (Å²) < 4.78 is 4.73. The highest BCUT2D eigenvalue weighted by atomic mass is 16.5. The Labute approximate surface area is 145 Å². The predicted molar refractivity (Wildman–Crippen MR) is 94.7 cm³/mol. The third kappa shape index (κ3) is 4.51. The first kappa shape index (κ1) is 16.4. The molecule has 0 amide bonds. The number of esters is 1. The van der Waals surface area contributed by atoms with Crippen molar-refractivity contribution in [1.82, 2.24) is 15.0 Å². The molecule has 2 heterocycles. The number of benzene rings is 1. The summed E-state index contributed by atoms with van der Waals surface area (Å²) >= 11 is 0. The summed E-state index contributed by atoms with van der Waals surface area (Å²) in [4.78, 5) is 24.0. The number of hydrogen-bond acceptors (Lipinski definition) is 7. The van der Waals surface area contributed by atoms with Crippen LogP contribution in [0.2, 0.25) is 0 Å². The fourth-order valence-corrected chi connectivity index (χ4v) is 2.21. The van der Waals surface area contributed by atoms with Crippen LogP contribution < -0.4 is 10.6 Å². The summed E-state index contributed by atoms with van der Waals surface area (Å²) in [5.74, 6) is 0.929. The number of pyridine rings is 1. The summed E-state index contributed by atoms with van der Waals surface area (Å²) in [7, 11) is 1.35. The second-order valence-electron chi connectivity index (χ2n) is 5.19. The lowest BCUT2D eigenvalue weighted by molar-refractivity contribution is 0.0601. The molecule has 1 aromatic carbocycles. The maximum atomic E-state index is 11.6. The van der Waals surface area contributed by atoms with Crippen molar-refractivity contribution < 1.29 is 9.53 Å². The van der Waals surface area contributed by atoms with E-state index in [-0.39, 0.29) is 5.97 Å². The minimum atomic E-state index is -0.383. The summed E-state index contributed by atoms with van der Waals surface area (Å²) in [6, 6.07) is 12.7. The van der Waals surface area contributed by atoms with Crippen LogP contribution in [0.1, 0.15) is 15.9 Å². The molecule has 0 bridgehead atoms. The molecule has 0 spiro atoms. The van der Waals surface area contributed by atoms with Gasteiger partial charge in [0.2, 0.25) is 0 Å². The second-order valence-corrected chi connectivity index (χ2v) is 5.19. The Balaban J connectivity index is 1.68. The van der Waals surface area contributed by atoms with E-state index in [4.69, 9.17) is 4.74 Å². The first-order valence-corrected chi connectivity index (χ1v) is 7.65. The molecular weight excluding hydrogens is 318 g/mol. The van der Waals surface area contributed by atoms with E-state index in [0.717, 1.165) is 11.3 Å². The lowest BCUT2D eigenvalue weighted by atomic mass is 10.2. The van der Waals surface area contributed by atoms with Gasteiger partial charge in [-0.05, 0) is 35.9 Å². The largest absolute Gasteiger partial charge is 0.465 e. The first-order chi connectivity index (χ1) is 12.2. The lowest BCUT2D eigenvalue weighted by Crippen LogP contribution is -2.04. The van der Waals surface area contributed by atoms with Gasteiger partial charge in [0, 0.05) is 30.7 Å². The molecule has 0 unspecified atom stereocenters. The zero-order valence-electron chi connectivity index (χ0n) is 13.6. The van der Waals surface area contributed by atoms with Crippen LogP contribution in [0.15, 0.2) is 61.2 Å². The number of anilines is 3. The van der Waals surface area contributed by atoms with Crippen molar-refractivity contribution in [3.8, 4) is 0 Å². The smallest absolute Gasteiger partial charge is 0.337 e. The Hall–Kier alpha value is -3.48. The first-order valence-electron chi connectivity index (χ1n) is 7.65. The average Bonchev–Trinajstić information content (AvgIpc) is 2.67. The number of carbonyl (C=O) groups is 1. The third-order valence-electron chi connectivity index (χ3n) is 3.45. The number of ether oxygens (including phenoxy) is 1. The van der Waals surface area contributed by atoms with Gasteiger partial charge in [0.05, 0.1) is 12.7 Å². The lowest BCUT2D eigenvalue weighted by Gasteiger charge is -2.09. The Morgan fingerprint density at radius 2 is 1.88 bits per heavy atom. The van der Waals surface area contributed by atoms with Crippen molar-refractivity contribution in [2.75, 3.05) is 17.7 Å². The molecule has 0 aliphatic carbocycles. The molecule has 0 fully saturated rings. The number of methoxy groups -OCH3 is 1. The van der Waals surface area contributed by atoms with Crippen molar-refractivity contribution in [3.63, 3.8) is 0 Å². The van der Waals surface area contributed by atoms with Crippen LogP contribution in [0.5, 0.6) is 0 Å². The highest BCUT2D eigenvalue weighted by Crippen LogP contribution is 2.18. The molecule has 25 heavy (non-hydrogen) atoms. The van der Waals surface area contributed by atoms with Crippen molar-refractivity contribution in [2.45, 2.75) is 6.54 Å². The van der Waals surface area contributed by atoms with Gasteiger partial charge in [0.25, 0.3) is 0 Å². The number of nitrogens with zero attached hydrogens (tertiary/aromatic N) is 3. The number of rotatable bonds is 6. The molecule has 2 N–H and O–H groups in total. The molecule has 0 saturated carbocycles. The molecule has 7 nitrogen and oxygen atoms in total. The third-order valence-corrected chi connectivity index (χ3v) is 3.45. The van der Waals surface area contributed by atoms with Crippen molar-refractivity contribution >= 4 is 23.3 Å². The number of hydrogen-bond donors (Lipinski definition) is 2. The zero-order valence-corrected chi connectivity index (χ0v) is 13.6. The predicted octanol–water partition coefficient (Wildman–Crippen LogP) is 3.01. The summed E-state index contributed by atoms with van der Waals surface area (Å²) in [6.45, 7) is 0.636. The molecule has 0 saturated heterocycles. The van der Waals surface area contributed by atoms with Gasteiger partial charge in [-0.25, -0.2) is 14.8 Å². The maximum Gasteiger partial charge on any atom is 0.337 e. The number of aromatic nitrogens is 3.